The smallest absolute Gasteiger partial charge is 0.130 e. The highest BCUT2D eigenvalue weighted by molar-refractivity contribution is 9.08. The molecule has 0 amide bonds. The molecule has 0 bridgehead atoms. The molecule has 0 spiro atoms. The van der Waals surface area contributed by atoms with Crippen LogP contribution in [0.25, 0.3) is 0 Å². The van der Waals surface area contributed by atoms with E-state index in [1.165, 1.54) is 24.2 Å². The van der Waals surface area contributed by atoms with Crippen molar-refractivity contribution < 1.29 is 0 Å². The van der Waals surface area contributed by atoms with Gasteiger partial charge in [0.05, 0.1) is 5.69 Å². The predicted molar refractivity (Wildman–Crippen MR) is 79.5 cm³/mol. The van der Waals surface area contributed by atoms with Crippen LogP contribution in [-0.4, -0.2) is 47.9 Å². The van der Waals surface area contributed by atoms with Crippen molar-refractivity contribution in [1.82, 2.24) is 14.7 Å². The molecule has 1 aromatic rings. The van der Waals surface area contributed by atoms with Crippen molar-refractivity contribution in [3.63, 3.8) is 0 Å². The van der Waals surface area contributed by atoms with Crippen LogP contribution in [0.2, 0.25) is 0 Å². The molecule has 1 aliphatic heterocycles. The van der Waals surface area contributed by atoms with Crippen LogP contribution in [0.3, 0.4) is 0 Å². The number of aryl methyl sites for hydroxylation is 2. The molecule has 0 atom stereocenters. The summed E-state index contributed by atoms with van der Waals surface area (Å²) in [6.07, 6.45) is 2.47. The van der Waals surface area contributed by atoms with Gasteiger partial charge in [0.1, 0.15) is 5.82 Å². The van der Waals surface area contributed by atoms with Gasteiger partial charge in [-0.2, -0.15) is 5.10 Å². The fourth-order valence-corrected chi connectivity index (χ4v) is 3.49. The fourth-order valence-electron chi connectivity index (χ4n) is 2.84. The van der Waals surface area contributed by atoms with Crippen LogP contribution < -0.4 is 4.90 Å². The summed E-state index contributed by atoms with van der Waals surface area (Å²) < 4.78 is 2.03. The van der Waals surface area contributed by atoms with Crippen molar-refractivity contribution in [2.24, 2.45) is 7.05 Å². The van der Waals surface area contributed by atoms with E-state index in [1.807, 2.05) is 11.7 Å². The molecule has 0 radical (unpaired) electrons. The number of anilines is 1. The Kier molecular flexibility index (Phi) is 4.33. The van der Waals surface area contributed by atoms with E-state index in [1.54, 1.807) is 0 Å². The van der Waals surface area contributed by atoms with Gasteiger partial charge in [0.15, 0.2) is 0 Å². The summed E-state index contributed by atoms with van der Waals surface area (Å²) in [4.78, 5) is 4.83. The summed E-state index contributed by atoms with van der Waals surface area (Å²) in [6.45, 7) is 4.34. The lowest BCUT2D eigenvalue weighted by atomic mass is 10.0. The maximum Gasteiger partial charge on any atom is 0.130 e. The van der Waals surface area contributed by atoms with Crippen LogP contribution in [0, 0.1) is 6.92 Å². The number of halogens is 1. The Morgan fingerprint density at radius 3 is 2.44 bits per heavy atom. The van der Waals surface area contributed by atoms with E-state index in [9.17, 15) is 0 Å². The maximum absolute atomic E-state index is 4.55. The molecule has 1 saturated heterocycles. The zero-order valence-electron chi connectivity index (χ0n) is 11.8. The van der Waals surface area contributed by atoms with Crippen LogP contribution in [0.15, 0.2) is 0 Å². The largest absolute Gasteiger partial charge is 0.356 e. The fraction of sp³-hybridized carbons (Fsp3) is 0.769. The predicted octanol–water partition coefficient (Wildman–Crippen LogP) is 2.15. The zero-order chi connectivity index (χ0) is 13.3. The first-order valence-electron chi connectivity index (χ1n) is 6.54. The van der Waals surface area contributed by atoms with Crippen LogP contribution in [0.4, 0.5) is 5.82 Å². The summed E-state index contributed by atoms with van der Waals surface area (Å²) in [5.74, 6) is 1.29. The molecule has 2 heterocycles. The summed E-state index contributed by atoms with van der Waals surface area (Å²) in [5.41, 5.74) is 2.47. The van der Waals surface area contributed by atoms with Gasteiger partial charge in [-0.1, -0.05) is 15.9 Å². The van der Waals surface area contributed by atoms with Crippen molar-refractivity contribution >= 4 is 21.7 Å². The Balaban J connectivity index is 2.14. The van der Waals surface area contributed by atoms with Gasteiger partial charge in [-0.3, -0.25) is 4.68 Å². The maximum atomic E-state index is 4.55. The van der Waals surface area contributed by atoms with Crippen molar-refractivity contribution in [3.8, 4) is 0 Å². The van der Waals surface area contributed by atoms with Gasteiger partial charge < -0.3 is 9.80 Å². The topological polar surface area (TPSA) is 24.3 Å². The van der Waals surface area contributed by atoms with Crippen molar-refractivity contribution in [2.45, 2.75) is 31.1 Å². The minimum absolute atomic E-state index is 0.725. The highest BCUT2D eigenvalue weighted by Crippen LogP contribution is 2.28. The number of alkyl halides is 1. The monoisotopic (exact) mass is 314 g/mol. The molecule has 0 aliphatic carbocycles. The van der Waals surface area contributed by atoms with Crippen molar-refractivity contribution in [3.05, 3.63) is 11.3 Å². The Hall–Kier alpha value is -0.550. The molecule has 1 aromatic heterocycles. The third kappa shape index (κ3) is 2.57. The molecule has 0 saturated carbocycles. The summed E-state index contributed by atoms with van der Waals surface area (Å²) in [5, 5.41) is 5.43. The molecule has 1 aliphatic rings. The van der Waals surface area contributed by atoms with Crippen LogP contribution in [-0.2, 0) is 12.4 Å². The zero-order valence-corrected chi connectivity index (χ0v) is 13.4. The summed E-state index contributed by atoms with van der Waals surface area (Å²) in [6, 6.07) is 0.725. The van der Waals surface area contributed by atoms with E-state index in [4.69, 9.17) is 0 Å². The second kappa shape index (κ2) is 5.61. The number of piperidine rings is 1. The van der Waals surface area contributed by atoms with Gasteiger partial charge in [0.25, 0.3) is 0 Å². The van der Waals surface area contributed by atoms with E-state index in [0.717, 1.165) is 30.2 Å². The van der Waals surface area contributed by atoms with Gasteiger partial charge >= 0.3 is 0 Å². The van der Waals surface area contributed by atoms with Gasteiger partial charge in [-0.05, 0) is 33.9 Å². The second-order valence-corrected chi connectivity index (χ2v) is 5.89. The van der Waals surface area contributed by atoms with Crippen molar-refractivity contribution in [2.75, 3.05) is 32.1 Å². The second-order valence-electron chi connectivity index (χ2n) is 5.33. The van der Waals surface area contributed by atoms with Gasteiger partial charge in [0, 0.05) is 37.1 Å². The summed E-state index contributed by atoms with van der Waals surface area (Å²) >= 11 is 3.59. The van der Waals surface area contributed by atoms with E-state index in [0.29, 0.717) is 0 Å². The van der Waals surface area contributed by atoms with Crippen LogP contribution in [0.5, 0.6) is 0 Å². The highest BCUT2D eigenvalue weighted by atomic mass is 79.9. The first-order chi connectivity index (χ1) is 8.54. The average molecular weight is 315 g/mol. The molecule has 0 N–H and O–H groups in total. The summed E-state index contributed by atoms with van der Waals surface area (Å²) in [7, 11) is 6.41. The molecular formula is C13H23BrN4. The molecule has 4 nitrogen and oxygen atoms in total. The highest BCUT2D eigenvalue weighted by Gasteiger charge is 2.25. The average Bonchev–Trinajstić information content (AvgIpc) is 2.63. The van der Waals surface area contributed by atoms with E-state index < -0.39 is 0 Å². The number of aromatic nitrogens is 2. The Labute approximate surface area is 118 Å². The lowest BCUT2D eigenvalue weighted by Gasteiger charge is -2.36. The number of rotatable bonds is 3. The first-order valence-corrected chi connectivity index (χ1v) is 7.66. The number of hydrogen-bond acceptors (Lipinski definition) is 3. The molecule has 2 rings (SSSR count). The molecule has 5 heteroatoms. The third-order valence-corrected chi connectivity index (χ3v) is 4.50. The van der Waals surface area contributed by atoms with Crippen molar-refractivity contribution in [1.29, 1.82) is 0 Å². The number of nitrogens with zero attached hydrogens (tertiary/aromatic N) is 4. The molecule has 1 fully saturated rings. The minimum Gasteiger partial charge on any atom is -0.356 e. The first kappa shape index (κ1) is 13.9. The molecule has 0 aromatic carbocycles. The Bertz CT molecular complexity index is 405. The van der Waals surface area contributed by atoms with Gasteiger partial charge in [0.2, 0.25) is 0 Å². The SMILES string of the molecule is Cc1nn(C)c(N2CCC(N(C)C)CC2)c1CBr. The van der Waals surface area contributed by atoms with Crippen LogP contribution in [0.1, 0.15) is 24.1 Å². The van der Waals surface area contributed by atoms with Crippen LogP contribution >= 0.6 is 15.9 Å². The third-order valence-electron chi connectivity index (χ3n) is 3.94. The molecule has 0 unspecified atom stereocenters. The molecule has 102 valence electrons. The van der Waals surface area contributed by atoms with Gasteiger partial charge in [-0.15, -0.1) is 0 Å². The van der Waals surface area contributed by atoms with Gasteiger partial charge in [-0.25, -0.2) is 0 Å². The number of hydrogen-bond donors (Lipinski definition) is 0. The normalized spacial score (nSPS) is 17.8. The molecular weight excluding hydrogens is 292 g/mol. The van der Waals surface area contributed by atoms with E-state index in [2.05, 4.69) is 51.8 Å². The minimum atomic E-state index is 0.725. The molecule has 18 heavy (non-hydrogen) atoms. The van der Waals surface area contributed by atoms with E-state index in [-0.39, 0.29) is 0 Å². The Morgan fingerprint density at radius 2 is 1.94 bits per heavy atom. The lowest BCUT2D eigenvalue weighted by molar-refractivity contribution is 0.249. The Morgan fingerprint density at radius 1 is 1.33 bits per heavy atom. The van der Waals surface area contributed by atoms with E-state index >= 15 is 0 Å². The quantitative estimate of drug-likeness (QED) is 0.799. The standard InChI is InChI=1S/C13H23BrN4/c1-10-12(9-14)13(17(4)15-10)18-7-5-11(6-8-18)16(2)3/h11H,5-9H2,1-4H3. The lowest BCUT2D eigenvalue weighted by Crippen LogP contribution is -2.42.